The number of rotatable bonds is 2. The predicted octanol–water partition coefficient (Wildman–Crippen LogP) is 3.29. The second-order valence-corrected chi connectivity index (χ2v) is 6.22. The maximum Gasteiger partial charge on any atom is 0.287 e. The summed E-state index contributed by atoms with van der Waals surface area (Å²) < 4.78 is 15.1. The number of pyridine rings is 1. The molecule has 2 rings (SSSR count). The maximum absolute atomic E-state index is 13.7. The first-order valence-corrected chi connectivity index (χ1v) is 6.72. The average Bonchev–Trinajstić information content (AvgIpc) is 2.67. The van der Waals surface area contributed by atoms with Crippen LogP contribution >= 0.6 is 11.6 Å². The lowest BCUT2D eigenvalue weighted by Crippen LogP contribution is -2.42. The van der Waals surface area contributed by atoms with Gasteiger partial charge in [-0.25, -0.2) is 9.37 Å². The van der Waals surface area contributed by atoms with Gasteiger partial charge in [-0.2, -0.15) is 0 Å². The van der Waals surface area contributed by atoms with E-state index in [-0.39, 0.29) is 33.9 Å². The van der Waals surface area contributed by atoms with Crippen LogP contribution in [0.15, 0.2) is 18.3 Å². The predicted molar refractivity (Wildman–Crippen MR) is 76.5 cm³/mol. The highest BCUT2D eigenvalue weighted by molar-refractivity contribution is 6.33. The number of fused-ring (bicyclic) bond motifs is 1. The molecule has 6 heteroatoms. The Morgan fingerprint density at radius 3 is 2.75 bits per heavy atom. The summed E-state index contributed by atoms with van der Waals surface area (Å²) in [4.78, 5) is 16.2. The van der Waals surface area contributed by atoms with Gasteiger partial charge in [-0.3, -0.25) is 9.20 Å². The number of hydrogen-bond donors (Lipinski definition) is 1. The van der Waals surface area contributed by atoms with Gasteiger partial charge < -0.3 is 5.32 Å². The van der Waals surface area contributed by atoms with Crippen LogP contribution < -0.4 is 5.32 Å². The molecule has 0 bridgehead atoms. The molecule has 2 aromatic rings. The quantitative estimate of drug-likeness (QED) is 0.924. The van der Waals surface area contributed by atoms with Crippen LogP contribution in [0.4, 0.5) is 4.39 Å². The van der Waals surface area contributed by atoms with Crippen LogP contribution in [0.25, 0.3) is 5.52 Å². The first-order chi connectivity index (χ1) is 9.21. The van der Waals surface area contributed by atoms with E-state index < -0.39 is 5.82 Å². The molecule has 0 aliphatic carbocycles. The third-order valence-electron chi connectivity index (χ3n) is 3.42. The molecule has 0 spiro atoms. The monoisotopic (exact) mass is 297 g/mol. The van der Waals surface area contributed by atoms with Crippen molar-refractivity contribution in [3.63, 3.8) is 0 Å². The van der Waals surface area contributed by atoms with E-state index in [9.17, 15) is 9.18 Å². The first kappa shape index (κ1) is 14.8. The Hall–Kier alpha value is -1.62. The fraction of sp³-hybridized carbons (Fsp3) is 0.429. The van der Waals surface area contributed by atoms with Gasteiger partial charge in [-0.1, -0.05) is 32.4 Å². The van der Waals surface area contributed by atoms with Crippen molar-refractivity contribution in [1.29, 1.82) is 0 Å². The summed E-state index contributed by atoms with van der Waals surface area (Å²) in [5.41, 5.74) is 0.0281. The SMILES string of the molecule is CC(NC(=O)c1nc(Cl)c2c(F)cccn12)C(C)(C)C. The number of carbonyl (C=O) groups excluding carboxylic acids is 1. The zero-order chi connectivity index (χ0) is 15.1. The van der Waals surface area contributed by atoms with Gasteiger partial charge in [0, 0.05) is 12.2 Å². The second kappa shape index (κ2) is 5.05. The molecule has 0 radical (unpaired) electrons. The van der Waals surface area contributed by atoms with Gasteiger partial charge >= 0.3 is 0 Å². The number of amides is 1. The van der Waals surface area contributed by atoms with Crippen LogP contribution in [0.5, 0.6) is 0 Å². The van der Waals surface area contributed by atoms with Gasteiger partial charge in [0.15, 0.2) is 5.15 Å². The fourth-order valence-electron chi connectivity index (χ4n) is 1.69. The van der Waals surface area contributed by atoms with Gasteiger partial charge in [-0.15, -0.1) is 0 Å². The summed E-state index contributed by atoms with van der Waals surface area (Å²) in [5, 5.41) is 2.84. The van der Waals surface area contributed by atoms with E-state index in [0.29, 0.717) is 0 Å². The zero-order valence-electron chi connectivity index (χ0n) is 11.9. The maximum atomic E-state index is 13.7. The van der Waals surface area contributed by atoms with Crippen LogP contribution in [0.1, 0.15) is 38.3 Å². The van der Waals surface area contributed by atoms with E-state index in [0.717, 1.165) is 0 Å². The van der Waals surface area contributed by atoms with Crippen molar-refractivity contribution in [2.75, 3.05) is 0 Å². The van der Waals surface area contributed by atoms with Crippen molar-refractivity contribution in [2.24, 2.45) is 5.41 Å². The highest BCUT2D eigenvalue weighted by atomic mass is 35.5. The van der Waals surface area contributed by atoms with E-state index in [1.807, 2.05) is 27.7 Å². The molecule has 1 amide bonds. The Bertz CT molecular complexity index is 660. The van der Waals surface area contributed by atoms with Crippen molar-refractivity contribution < 1.29 is 9.18 Å². The van der Waals surface area contributed by atoms with E-state index >= 15 is 0 Å². The molecule has 1 atom stereocenters. The van der Waals surface area contributed by atoms with Crippen molar-refractivity contribution in [2.45, 2.75) is 33.7 Å². The number of aromatic nitrogens is 2. The molecule has 2 heterocycles. The van der Waals surface area contributed by atoms with Crippen molar-refractivity contribution in [3.8, 4) is 0 Å². The number of halogens is 2. The molecule has 0 fully saturated rings. The molecule has 1 N–H and O–H groups in total. The lowest BCUT2D eigenvalue weighted by atomic mass is 9.88. The third-order valence-corrected chi connectivity index (χ3v) is 3.69. The van der Waals surface area contributed by atoms with E-state index in [1.54, 1.807) is 6.20 Å². The van der Waals surface area contributed by atoms with E-state index in [1.165, 1.54) is 16.5 Å². The first-order valence-electron chi connectivity index (χ1n) is 6.34. The summed E-state index contributed by atoms with van der Waals surface area (Å²) in [6.07, 6.45) is 1.56. The molecule has 2 aromatic heterocycles. The normalized spacial score (nSPS) is 13.5. The molecule has 0 saturated heterocycles. The number of nitrogens with one attached hydrogen (secondary N) is 1. The van der Waals surface area contributed by atoms with Crippen LogP contribution in [-0.4, -0.2) is 21.3 Å². The topological polar surface area (TPSA) is 46.4 Å². The third kappa shape index (κ3) is 2.63. The van der Waals surface area contributed by atoms with E-state index in [4.69, 9.17) is 11.6 Å². The van der Waals surface area contributed by atoms with Crippen molar-refractivity contribution >= 4 is 23.0 Å². The second-order valence-electron chi connectivity index (χ2n) is 5.86. The van der Waals surface area contributed by atoms with E-state index in [2.05, 4.69) is 10.3 Å². The Balaban J connectivity index is 2.39. The Kier molecular flexibility index (Phi) is 3.73. The Morgan fingerprint density at radius 2 is 2.15 bits per heavy atom. The van der Waals surface area contributed by atoms with Crippen LogP contribution in [-0.2, 0) is 0 Å². The Labute approximate surface area is 122 Å². The van der Waals surface area contributed by atoms with Gasteiger partial charge in [-0.05, 0) is 24.5 Å². The summed E-state index contributed by atoms with van der Waals surface area (Å²) >= 11 is 5.90. The summed E-state index contributed by atoms with van der Waals surface area (Å²) in [7, 11) is 0. The molecule has 0 aliphatic rings. The minimum Gasteiger partial charge on any atom is -0.346 e. The number of nitrogens with zero attached hydrogens (tertiary/aromatic N) is 2. The summed E-state index contributed by atoms with van der Waals surface area (Å²) in [6, 6.07) is 2.72. The smallest absolute Gasteiger partial charge is 0.287 e. The van der Waals surface area contributed by atoms with Gasteiger partial charge in [0.1, 0.15) is 11.3 Å². The molecule has 4 nitrogen and oxygen atoms in total. The van der Waals surface area contributed by atoms with Crippen LogP contribution in [0.2, 0.25) is 5.15 Å². The standard InChI is InChI=1S/C14H17ClFN3O/c1-8(14(2,3)4)17-13(20)12-18-11(15)10-9(16)6-5-7-19(10)12/h5-8H,1-4H3,(H,17,20). The van der Waals surface area contributed by atoms with Crippen molar-refractivity contribution in [3.05, 3.63) is 35.1 Å². The molecule has 20 heavy (non-hydrogen) atoms. The van der Waals surface area contributed by atoms with Gasteiger partial charge in [0.05, 0.1) is 0 Å². The lowest BCUT2D eigenvalue weighted by Gasteiger charge is -2.27. The lowest BCUT2D eigenvalue weighted by molar-refractivity contribution is 0.0899. The highest BCUT2D eigenvalue weighted by Gasteiger charge is 2.25. The van der Waals surface area contributed by atoms with Gasteiger partial charge in [0.25, 0.3) is 5.91 Å². The van der Waals surface area contributed by atoms with Gasteiger partial charge in [0.2, 0.25) is 5.82 Å². The molecular formula is C14H17ClFN3O. The molecule has 0 aliphatic heterocycles. The number of hydrogen-bond acceptors (Lipinski definition) is 2. The summed E-state index contributed by atoms with van der Waals surface area (Å²) in [5.74, 6) is -0.798. The number of imidazole rings is 1. The van der Waals surface area contributed by atoms with Crippen molar-refractivity contribution in [1.82, 2.24) is 14.7 Å². The fourth-order valence-corrected chi connectivity index (χ4v) is 1.96. The molecule has 0 saturated carbocycles. The largest absolute Gasteiger partial charge is 0.346 e. The molecule has 0 aromatic carbocycles. The minimum absolute atomic E-state index is 0.0170. The van der Waals surface area contributed by atoms with Crippen LogP contribution in [0, 0.1) is 11.2 Å². The Morgan fingerprint density at radius 1 is 1.50 bits per heavy atom. The highest BCUT2D eigenvalue weighted by Crippen LogP contribution is 2.22. The minimum atomic E-state index is -0.507. The summed E-state index contributed by atoms with van der Waals surface area (Å²) in [6.45, 7) is 7.98. The average molecular weight is 298 g/mol. The zero-order valence-corrected chi connectivity index (χ0v) is 12.6. The van der Waals surface area contributed by atoms with Crippen LogP contribution in [0.3, 0.4) is 0 Å². The molecular weight excluding hydrogens is 281 g/mol. The number of carbonyl (C=O) groups is 1. The molecule has 108 valence electrons. The molecule has 1 unspecified atom stereocenters.